The summed E-state index contributed by atoms with van der Waals surface area (Å²) in [6.07, 6.45) is 0.444. The zero-order valence-electron chi connectivity index (χ0n) is 16.3. The molecule has 3 heterocycles. The van der Waals surface area contributed by atoms with Gasteiger partial charge in [0.2, 0.25) is 11.6 Å². The number of carbonyl (C=O) groups is 2. The predicted octanol–water partition coefficient (Wildman–Crippen LogP) is 0.817. The van der Waals surface area contributed by atoms with Crippen molar-refractivity contribution in [3.05, 3.63) is 47.4 Å². The van der Waals surface area contributed by atoms with Gasteiger partial charge >= 0.3 is 0 Å². The number of piperazine rings is 1. The Morgan fingerprint density at radius 1 is 0.964 bits per heavy atom. The maximum absolute atomic E-state index is 12.4. The van der Waals surface area contributed by atoms with E-state index in [0.29, 0.717) is 32.2 Å². The van der Waals surface area contributed by atoms with Crippen LogP contribution in [-0.2, 0) is 25.6 Å². The number of allylic oxidation sites excluding steroid dienone is 1. The lowest BCUT2D eigenvalue weighted by molar-refractivity contribution is -0.144. The molecule has 0 spiro atoms. The second kappa shape index (κ2) is 8.43. The van der Waals surface area contributed by atoms with E-state index in [2.05, 4.69) is 16.8 Å². The average molecular weight is 385 g/mol. The van der Waals surface area contributed by atoms with Crippen molar-refractivity contribution in [2.45, 2.75) is 12.6 Å². The van der Waals surface area contributed by atoms with E-state index in [0.717, 1.165) is 38.3 Å². The van der Waals surface area contributed by atoms with Crippen molar-refractivity contribution in [2.75, 3.05) is 59.5 Å². The standard InChI is InChI=1S/C21H27N3O4/c1-22-6-8-23(9-7-22)15-16-2-4-17(5-3-16)21-20(26)18(25)14-19(28-21)24-10-12-27-13-11-24/h2-5,14,21H,6-13,15H2,1H3. The number of benzene rings is 1. The molecule has 0 aliphatic carbocycles. The van der Waals surface area contributed by atoms with E-state index < -0.39 is 17.7 Å². The van der Waals surface area contributed by atoms with E-state index in [1.54, 1.807) is 0 Å². The third-order valence-corrected chi connectivity index (χ3v) is 5.58. The van der Waals surface area contributed by atoms with Crippen LogP contribution in [0.25, 0.3) is 0 Å². The molecule has 7 heteroatoms. The van der Waals surface area contributed by atoms with Gasteiger partial charge in [0.25, 0.3) is 0 Å². The van der Waals surface area contributed by atoms with Gasteiger partial charge in [0, 0.05) is 57.5 Å². The zero-order valence-corrected chi connectivity index (χ0v) is 16.3. The molecular weight excluding hydrogens is 358 g/mol. The third kappa shape index (κ3) is 4.27. The number of ether oxygens (including phenoxy) is 2. The van der Waals surface area contributed by atoms with Gasteiger partial charge in [-0.05, 0) is 12.6 Å². The normalized spacial score (nSPS) is 24.8. The number of Topliss-reactive ketones (excluding diaryl/α,β-unsaturated/α-hetero) is 1. The van der Waals surface area contributed by atoms with Crippen molar-refractivity contribution in [3.8, 4) is 0 Å². The molecule has 2 saturated heterocycles. The smallest absolute Gasteiger partial charge is 0.247 e. The first kappa shape index (κ1) is 19.1. The molecule has 150 valence electrons. The summed E-state index contributed by atoms with van der Waals surface area (Å²) in [4.78, 5) is 31.4. The third-order valence-electron chi connectivity index (χ3n) is 5.58. The Morgan fingerprint density at radius 3 is 2.32 bits per heavy atom. The molecule has 0 radical (unpaired) electrons. The zero-order chi connectivity index (χ0) is 19.5. The molecule has 0 amide bonds. The van der Waals surface area contributed by atoms with Gasteiger partial charge in [-0.25, -0.2) is 0 Å². The summed E-state index contributed by atoms with van der Waals surface area (Å²) < 4.78 is 11.3. The van der Waals surface area contributed by atoms with Gasteiger partial charge in [-0.2, -0.15) is 0 Å². The van der Waals surface area contributed by atoms with Crippen molar-refractivity contribution in [1.82, 2.24) is 14.7 Å². The van der Waals surface area contributed by atoms with E-state index in [1.807, 2.05) is 29.2 Å². The molecule has 0 aromatic heterocycles. The van der Waals surface area contributed by atoms with Crippen LogP contribution >= 0.6 is 0 Å². The number of likely N-dealkylation sites (N-methyl/N-ethyl adjacent to an activating group) is 1. The van der Waals surface area contributed by atoms with Crippen molar-refractivity contribution < 1.29 is 19.1 Å². The Labute approximate surface area is 165 Å². The number of hydrogen-bond acceptors (Lipinski definition) is 7. The van der Waals surface area contributed by atoms with Gasteiger partial charge in [0.15, 0.2) is 12.0 Å². The Kier molecular flexibility index (Phi) is 5.75. The molecule has 0 N–H and O–H groups in total. The summed E-state index contributed by atoms with van der Waals surface area (Å²) in [7, 11) is 2.15. The lowest BCUT2D eigenvalue weighted by Crippen LogP contribution is -2.43. The van der Waals surface area contributed by atoms with Gasteiger partial charge in [0.05, 0.1) is 13.2 Å². The Morgan fingerprint density at radius 2 is 1.64 bits per heavy atom. The topological polar surface area (TPSA) is 62.3 Å². The van der Waals surface area contributed by atoms with E-state index in [4.69, 9.17) is 9.47 Å². The van der Waals surface area contributed by atoms with Gasteiger partial charge in [-0.1, -0.05) is 24.3 Å². The van der Waals surface area contributed by atoms with E-state index >= 15 is 0 Å². The van der Waals surface area contributed by atoms with E-state index in [9.17, 15) is 9.59 Å². The fraction of sp³-hybridized carbons (Fsp3) is 0.524. The fourth-order valence-corrected chi connectivity index (χ4v) is 3.75. The quantitative estimate of drug-likeness (QED) is 0.711. The molecule has 28 heavy (non-hydrogen) atoms. The second-order valence-electron chi connectivity index (χ2n) is 7.63. The minimum Gasteiger partial charge on any atom is -0.462 e. The number of hydrogen-bond donors (Lipinski definition) is 0. The maximum atomic E-state index is 12.4. The Hall–Kier alpha value is -2.22. The number of carbonyl (C=O) groups excluding carboxylic acids is 2. The van der Waals surface area contributed by atoms with Crippen molar-refractivity contribution >= 4 is 11.6 Å². The van der Waals surface area contributed by atoms with Crippen LogP contribution in [0.2, 0.25) is 0 Å². The number of morpholine rings is 1. The molecule has 1 atom stereocenters. The molecule has 3 aliphatic heterocycles. The van der Waals surface area contributed by atoms with Crippen LogP contribution < -0.4 is 0 Å². The first-order valence-electron chi connectivity index (χ1n) is 9.89. The summed E-state index contributed by atoms with van der Waals surface area (Å²) in [5.74, 6) is -0.539. The predicted molar refractivity (Wildman–Crippen MR) is 104 cm³/mol. The van der Waals surface area contributed by atoms with Crippen LogP contribution in [0.15, 0.2) is 36.2 Å². The lowest BCUT2D eigenvalue weighted by Gasteiger charge is -2.34. The number of ketones is 2. The SMILES string of the molecule is CN1CCN(Cc2ccc(C3OC(N4CCOCC4)=CC(=O)C3=O)cc2)CC1. The number of rotatable bonds is 4. The van der Waals surface area contributed by atoms with Crippen LogP contribution in [0, 0.1) is 0 Å². The van der Waals surface area contributed by atoms with Gasteiger partial charge in [0.1, 0.15) is 0 Å². The van der Waals surface area contributed by atoms with Gasteiger partial charge in [-0.3, -0.25) is 14.5 Å². The maximum Gasteiger partial charge on any atom is 0.247 e. The Balaban J connectivity index is 1.43. The fourth-order valence-electron chi connectivity index (χ4n) is 3.75. The summed E-state index contributed by atoms with van der Waals surface area (Å²) in [5.41, 5.74) is 1.92. The van der Waals surface area contributed by atoms with Crippen LogP contribution in [0.4, 0.5) is 0 Å². The highest BCUT2D eigenvalue weighted by Gasteiger charge is 2.35. The Bertz CT molecular complexity index is 747. The highest BCUT2D eigenvalue weighted by atomic mass is 16.5. The summed E-state index contributed by atoms with van der Waals surface area (Å²) in [6.45, 7) is 7.68. The summed E-state index contributed by atoms with van der Waals surface area (Å²) >= 11 is 0. The van der Waals surface area contributed by atoms with Crippen molar-refractivity contribution in [1.29, 1.82) is 0 Å². The molecule has 0 bridgehead atoms. The summed E-state index contributed by atoms with van der Waals surface area (Å²) in [6, 6.07) is 7.87. The van der Waals surface area contributed by atoms with E-state index in [1.165, 1.54) is 11.6 Å². The number of nitrogens with zero attached hydrogens (tertiary/aromatic N) is 3. The molecule has 1 aromatic carbocycles. The summed E-state index contributed by atoms with van der Waals surface area (Å²) in [5, 5.41) is 0. The van der Waals surface area contributed by atoms with Gasteiger partial charge in [-0.15, -0.1) is 0 Å². The monoisotopic (exact) mass is 385 g/mol. The molecule has 4 rings (SSSR count). The van der Waals surface area contributed by atoms with Crippen LogP contribution in [0.5, 0.6) is 0 Å². The van der Waals surface area contributed by atoms with E-state index in [-0.39, 0.29) is 0 Å². The van der Waals surface area contributed by atoms with Crippen LogP contribution in [0.1, 0.15) is 17.2 Å². The van der Waals surface area contributed by atoms with Crippen LogP contribution in [0.3, 0.4) is 0 Å². The largest absolute Gasteiger partial charge is 0.462 e. The highest BCUT2D eigenvalue weighted by Crippen LogP contribution is 2.28. The van der Waals surface area contributed by atoms with Crippen molar-refractivity contribution in [2.24, 2.45) is 0 Å². The average Bonchev–Trinajstić information content (AvgIpc) is 2.73. The molecule has 2 fully saturated rings. The molecule has 3 aliphatic rings. The molecule has 1 aromatic rings. The van der Waals surface area contributed by atoms with Crippen LogP contribution in [-0.4, -0.2) is 85.8 Å². The van der Waals surface area contributed by atoms with Crippen molar-refractivity contribution in [3.63, 3.8) is 0 Å². The molecule has 7 nitrogen and oxygen atoms in total. The first-order valence-corrected chi connectivity index (χ1v) is 9.89. The molecule has 1 unspecified atom stereocenters. The molecular formula is C21H27N3O4. The minimum atomic E-state index is -0.868. The minimum absolute atomic E-state index is 0.472. The highest BCUT2D eigenvalue weighted by molar-refractivity contribution is 6.43. The second-order valence-corrected chi connectivity index (χ2v) is 7.63. The first-order chi connectivity index (χ1) is 13.6. The molecule has 0 saturated carbocycles. The van der Waals surface area contributed by atoms with Gasteiger partial charge < -0.3 is 19.3 Å². The lowest BCUT2D eigenvalue weighted by atomic mass is 9.99.